The van der Waals surface area contributed by atoms with Crippen molar-refractivity contribution >= 4 is 47.2 Å². The number of hydrazone groups is 1. The second kappa shape index (κ2) is 7.52. The van der Waals surface area contributed by atoms with Gasteiger partial charge in [-0.15, -0.1) is 0 Å². The molecule has 0 radical (unpaired) electrons. The third-order valence-corrected chi connectivity index (χ3v) is 5.53. The molecule has 1 fully saturated rings. The van der Waals surface area contributed by atoms with Gasteiger partial charge in [0.1, 0.15) is 17.6 Å². The molecule has 1 aromatic heterocycles. The van der Waals surface area contributed by atoms with Crippen molar-refractivity contribution in [1.82, 2.24) is 14.8 Å². The molecule has 3 amide bonds. The summed E-state index contributed by atoms with van der Waals surface area (Å²) in [5, 5.41) is 12.7. The van der Waals surface area contributed by atoms with E-state index in [0.717, 1.165) is 5.69 Å². The predicted octanol–water partition coefficient (Wildman–Crippen LogP) is 0.873. The summed E-state index contributed by atoms with van der Waals surface area (Å²) in [6.45, 7) is 2.04. The van der Waals surface area contributed by atoms with Crippen molar-refractivity contribution in [3.05, 3.63) is 42.1 Å². The molecule has 0 saturated carbocycles. The molecular weight excluding hydrogens is 412 g/mol. The molecule has 2 atom stereocenters. The molecule has 0 aliphatic carbocycles. The van der Waals surface area contributed by atoms with Gasteiger partial charge < -0.3 is 10.2 Å². The zero-order valence-corrected chi connectivity index (χ0v) is 17.5. The van der Waals surface area contributed by atoms with Crippen molar-refractivity contribution in [1.29, 1.82) is 0 Å². The number of aromatic nitrogens is 2. The Morgan fingerprint density at radius 1 is 1.16 bits per heavy atom. The summed E-state index contributed by atoms with van der Waals surface area (Å²) in [4.78, 5) is 47.9. The van der Waals surface area contributed by atoms with Gasteiger partial charge in [0, 0.05) is 38.0 Å². The number of amides is 3. The Hall–Kier alpha value is -4.15. The molecule has 0 spiro atoms. The highest BCUT2D eigenvalue weighted by atomic mass is 16.2. The van der Waals surface area contributed by atoms with Crippen LogP contribution in [0.4, 0.5) is 11.5 Å². The number of nitrogens with zero attached hydrogens (tertiary/aromatic N) is 7. The van der Waals surface area contributed by atoms with Crippen LogP contribution in [0.25, 0.3) is 0 Å². The fourth-order valence-corrected chi connectivity index (χ4v) is 3.91. The normalized spacial score (nSPS) is 22.2. The van der Waals surface area contributed by atoms with Crippen molar-refractivity contribution in [3.63, 3.8) is 0 Å². The van der Waals surface area contributed by atoms with Crippen molar-refractivity contribution in [2.75, 3.05) is 23.8 Å². The van der Waals surface area contributed by atoms with Gasteiger partial charge in [-0.1, -0.05) is 18.2 Å². The number of rotatable bonds is 3. The molecule has 1 saturated heterocycles. The average molecular weight is 432 g/mol. The van der Waals surface area contributed by atoms with Gasteiger partial charge in [-0.3, -0.25) is 19.4 Å². The minimum absolute atomic E-state index is 0.0513. The van der Waals surface area contributed by atoms with E-state index in [1.54, 1.807) is 24.9 Å². The molecule has 0 bridgehead atoms. The van der Waals surface area contributed by atoms with E-state index in [2.05, 4.69) is 25.5 Å². The highest BCUT2D eigenvalue weighted by molar-refractivity contribution is 6.24. The lowest BCUT2D eigenvalue weighted by molar-refractivity contribution is -0.122. The molecule has 3 aliphatic heterocycles. The van der Waals surface area contributed by atoms with Crippen LogP contribution in [0.2, 0.25) is 0 Å². The number of hydrogen-bond donors (Lipinski definition) is 1. The molecular formula is C21H20N8O3. The zero-order valence-electron chi connectivity index (χ0n) is 17.5. The van der Waals surface area contributed by atoms with E-state index in [-0.39, 0.29) is 30.7 Å². The maximum atomic E-state index is 13.0. The Kier molecular flexibility index (Phi) is 4.65. The Labute approximate surface area is 183 Å². The molecule has 32 heavy (non-hydrogen) atoms. The summed E-state index contributed by atoms with van der Waals surface area (Å²) in [6, 6.07) is 10.9. The maximum Gasteiger partial charge on any atom is 0.265 e. The van der Waals surface area contributed by atoms with E-state index in [0.29, 0.717) is 17.3 Å². The van der Waals surface area contributed by atoms with Gasteiger partial charge in [0.25, 0.3) is 11.9 Å². The first kappa shape index (κ1) is 19.8. The van der Waals surface area contributed by atoms with Crippen LogP contribution < -0.4 is 10.2 Å². The number of anilines is 2. The van der Waals surface area contributed by atoms with Crippen LogP contribution in [0.1, 0.15) is 12.1 Å². The fourth-order valence-electron chi connectivity index (χ4n) is 3.91. The summed E-state index contributed by atoms with van der Waals surface area (Å²) < 4.78 is 1.33. The molecule has 11 heteroatoms. The molecule has 3 aliphatic rings. The number of carbonyl (C=O) groups is 3. The first-order chi connectivity index (χ1) is 15.4. The molecule has 11 nitrogen and oxygen atoms in total. The first-order valence-corrected chi connectivity index (χ1v) is 10.1. The SMILES string of the molecule is Cc1cc(NC(=O)C2CC(=O)N(c3ccccc3)C2)n(C2=NC(=O)C3C=NN(C)C3=N2)n1. The Bertz CT molecular complexity index is 1210. The summed E-state index contributed by atoms with van der Waals surface area (Å²) in [5.41, 5.74) is 1.37. The quantitative estimate of drug-likeness (QED) is 0.771. The van der Waals surface area contributed by atoms with Gasteiger partial charge in [-0.2, -0.15) is 24.9 Å². The van der Waals surface area contributed by atoms with Crippen LogP contribution in [0.3, 0.4) is 0 Å². The number of benzene rings is 1. The van der Waals surface area contributed by atoms with Gasteiger partial charge in [0.15, 0.2) is 0 Å². The highest BCUT2D eigenvalue weighted by Gasteiger charge is 2.37. The molecule has 162 valence electrons. The van der Waals surface area contributed by atoms with E-state index >= 15 is 0 Å². The molecule has 1 N–H and O–H groups in total. The third kappa shape index (κ3) is 3.37. The predicted molar refractivity (Wildman–Crippen MR) is 118 cm³/mol. The Balaban J connectivity index is 1.36. The third-order valence-electron chi connectivity index (χ3n) is 5.53. The van der Waals surface area contributed by atoms with Crippen LogP contribution in [0, 0.1) is 18.8 Å². The lowest BCUT2D eigenvalue weighted by atomic mass is 10.1. The second-order valence-electron chi connectivity index (χ2n) is 7.80. The lowest BCUT2D eigenvalue weighted by Crippen LogP contribution is -2.35. The van der Waals surface area contributed by atoms with Gasteiger partial charge in [0.2, 0.25) is 11.8 Å². The minimum Gasteiger partial charge on any atom is -0.312 e. The number of carbonyl (C=O) groups excluding carboxylic acids is 3. The summed E-state index contributed by atoms with van der Waals surface area (Å²) in [6.07, 6.45) is 1.60. The number of aryl methyl sites for hydroxylation is 1. The van der Waals surface area contributed by atoms with Gasteiger partial charge in [-0.25, -0.2) is 0 Å². The summed E-state index contributed by atoms with van der Waals surface area (Å²) >= 11 is 0. The van der Waals surface area contributed by atoms with E-state index in [1.807, 2.05) is 30.3 Å². The number of aliphatic imine (C=N–C) groups is 2. The number of amidine groups is 1. The van der Waals surface area contributed by atoms with Gasteiger partial charge in [0.05, 0.1) is 11.6 Å². The smallest absolute Gasteiger partial charge is 0.265 e. The van der Waals surface area contributed by atoms with E-state index in [9.17, 15) is 14.4 Å². The van der Waals surface area contributed by atoms with E-state index in [1.165, 1.54) is 15.9 Å². The average Bonchev–Trinajstić information content (AvgIpc) is 3.46. The number of hydrogen-bond acceptors (Lipinski definition) is 7. The minimum atomic E-state index is -0.605. The van der Waals surface area contributed by atoms with Crippen LogP contribution in [-0.4, -0.2) is 64.1 Å². The Morgan fingerprint density at radius 2 is 1.94 bits per heavy atom. The van der Waals surface area contributed by atoms with Crippen LogP contribution in [0.15, 0.2) is 51.5 Å². The summed E-state index contributed by atoms with van der Waals surface area (Å²) in [5.74, 6) is -1.12. The Morgan fingerprint density at radius 3 is 2.72 bits per heavy atom. The van der Waals surface area contributed by atoms with E-state index in [4.69, 9.17) is 0 Å². The molecule has 1 aromatic carbocycles. The number of para-hydroxylation sites is 1. The lowest BCUT2D eigenvalue weighted by Gasteiger charge is -2.18. The van der Waals surface area contributed by atoms with Crippen LogP contribution >= 0.6 is 0 Å². The van der Waals surface area contributed by atoms with Crippen molar-refractivity contribution in [2.24, 2.45) is 26.9 Å². The molecule has 2 unspecified atom stereocenters. The second-order valence-corrected chi connectivity index (χ2v) is 7.80. The monoisotopic (exact) mass is 432 g/mol. The van der Waals surface area contributed by atoms with Crippen molar-refractivity contribution in [2.45, 2.75) is 13.3 Å². The van der Waals surface area contributed by atoms with E-state index < -0.39 is 17.7 Å². The highest BCUT2D eigenvalue weighted by Crippen LogP contribution is 2.26. The molecule has 5 rings (SSSR count). The number of fused-ring (bicyclic) bond motifs is 1. The topological polar surface area (TPSA) is 125 Å². The zero-order chi connectivity index (χ0) is 22.4. The van der Waals surface area contributed by atoms with Gasteiger partial charge in [-0.05, 0) is 19.1 Å². The van der Waals surface area contributed by atoms with Gasteiger partial charge >= 0.3 is 0 Å². The van der Waals surface area contributed by atoms with Crippen molar-refractivity contribution < 1.29 is 14.4 Å². The maximum absolute atomic E-state index is 13.0. The number of nitrogens with one attached hydrogen (secondary N) is 1. The molecule has 4 heterocycles. The van der Waals surface area contributed by atoms with Crippen LogP contribution in [-0.2, 0) is 14.4 Å². The first-order valence-electron chi connectivity index (χ1n) is 10.1. The standard InChI is InChI=1S/C21H20N8O3/c1-12-8-16(29(26-12)21-24-18-15(20(32)25-21)10-22-27(18)2)23-19(31)13-9-17(30)28(11-13)14-6-4-3-5-7-14/h3-8,10,13,15H,9,11H2,1-2H3,(H,23,31). The van der Waals surface area contributed by atoms with Crippen molar-refractivity contribution in [3.8, 4) is 0 Å². The van der Waals surface area contributed by atoms with Crippen LogP contribution in [0.5, 0.6) is 0 Å². The summed E-state index contributed by atoms with van der Waals surface area (Å²) in [7, 11) is 1.69. The fraction of sp³-hybridized carbons (Fsp3) is 0.286. The largest absolute Gasteiger partial charge is 0.312 e. The molecule has 2 aromatic rings.